The zero-order valence-corrected chi connectivity index (χ0v) is 10.6. The minimum Gasteiger partial charge on any atom is -0.493 e. The zero-order valence-electron chi connectivity index (χ0n) is 10.6. The first kappa shape index (κ1) is 12.7. The van der Waals surface area contributed by atoms with E-state index in [0.717, 1.165) is 25.9 Å². The summed E-state index contributed by atoms with van der Waals surface area (Å²) in [6.45, 7) is 2.18. The molecule has 0 aromatic heterocycles. The molecular weight excluding hydrogens is 228 g/mol. The second kappa shape index (κ2) is 6.27. The molecule has 1 aliphatic rings. The van der Waals surface area contributed by atoms with Crippen LogP contribution in [0, 0.1) is 11.3 Å². The molecule has 4 nitrogen and oxygen atoms in total. The second-order valence-electron chi connectivity index (χ2n) is 4.38. The van der Waals surface area contributed by atoms with Crippen molar-refractivity contribution in [1.29, 1.82) is 5.26 Å². The Hall–Kier alpha value is -1.73. The lowest BCUT2D eigenvalue weighted by molar-refractivity contribution is 0.328. The van der Waals surface area contributed by atoms with E-state index in [1.54, 1.807) is 7.11 Å². The maximum absolute atomic E-state index is 8.53. The molecule has 2 rings (SSSR count). The van der Waals surface area contributed by atoms with Crippen LogP contribution in [0.25, 0.3) is 0 Å². The fourth-order valence-electron chi connectivity index (χ4n) is 2.32. The van der Waals surface area contributed by atoms with E-state index in [9.17, 15) is 0 Å². The summed E-state index contributed by atoms with van der Waals surface area (Å²) in [5.41, 5.74) is 1.29. The van der Waals surface area contributed by atoms with E-state index in [1.807, 2.05) is 18.2 Å². The van der Waals surface area contributed by atoms with Gasteiger partial charge in [-0.2, -0.15) is 5.26 Å². The molecule has 0 spiro atoms. The van der Waals surface area contributed by atoms with Crippen LogP contribution in [-0.2, 0) is 0 Å². The van der Waals surface area contributed by atoms with Crippen molar-refractivity contribution in [3.8, 4) is 17.6 Å². The summed E-state index contributed by atoms with van der Waals surface area (Å²) in [6, 6.07) is 7.96. The Balaban J connectivity index is 2.15. The fraction of sp³-hybridized carbons (Fsp3) is 0.500. The molecule has 0 atom stereocenters. The summed E-state index contributed by atoms with van der Waals surface area (Å²) in [5, 5.41) is 11.9. The quantitative estimate of drug-likeness (QED) is 0.883. The van der Waals surface area contributed by atoms with Gasteiger partial charge in [0, 0.05) is 0 Å². The van der Waals surface area contributed by atoms with Crippen LogP contribution in [0.1, 0.15) is 24.3 Å². The maximum atomic E-state index is 8.53. The van der Waals surface area contributed by atoms with Gasteiger partial charge in [0.2, 0.25) is 0 Å². The molecule has 0 aliphatic carbocycles. The van der Waals surface area contributed by atoms with Crippen LogP contribution in [0.15, 0.2) is 18.2 Å². The van der Waals surface area contributed by atoms with E-state index in [0.29, 0.717) is 17.4 Å². The number of methoxy groups -OCH3 is 1. The molecule has 0 bridgehead atoms. The Morgan fingerprint density at radius 3 is 2.78 bits per heavy atom. The number of nitrogens with zero attached hydrogens (tertiary/aromatic N) is 1. The number of piperidine rings is 1. The first-order valence-corrected chi connectivity index (χ1v) is 6.23. The molecule has 1 aliphatic heterocycles. The molecule has 1 fully saturated rings. The number of nitrogens with one attached hydrogen (secondary N) is 1. The molecule has 0 unspecified atom stereocenters. The third-order valence-corrected chi connectivity index (χ3v) is 3.29. The van der Waals surface area contributed by atoms with Crippen molar-refractivity contribution in [2.24, 2.45) is 0 Å². The Kier molecular flexibility index (Phi) is 4.43. The van der Waals surface area contributed by atoms with Gasteiger partial charge in [0.1, 0.15) is 6.07 Å². The van der Waals surface area contributed by atoms with Crippen LogP contribution in [0.3, 0.4) is 0 Å². The van der Waals surface area contributed by atoms with Crippen molar-refractivity contribution >= 4 is 0 Å². The normalized spacial score (nSPS) is 16.0. The Labute approximate surface area is 108 Å². The molecule has 0 radical (unpaired) electrons. The molecule has 18 heavy (non-hydrogen) atoms. The minimum absolute atomic E-state index is 0.0447. The maximum Gasteiger partial charge on any atom is 0.174 e. The molecule has 96 valence electrons. The Morgan fingerprint density at radius 1 is 1.33 bits per heavy atom. The van der Waals surface area contributed by atoms with Gasteiger partial charge in [-0.3, -0.25) is 0 Å². The van der Waals surface area contributed by atoms with Crippen LogP contribution in [0.2, 0.25) is 0 Å². The monoisotopic (exact) mass is 246 g/mol. The van der Waals surface area contributed by atoms with Gasteiger partial charge in [-0.1, -0.05) is 6.07 Å². The van der Waals surface area contributed by atoms with Crippen LogP contribution in [0.4, 0.5) is 0 Å². The molecule has 1 heterocycles. The molecular formula is C14H18N2O2. The van der Waals surface area contributed by atoms with Crippen LogP contribution >= 0.6 is 0 Å². The van der Waals surface area contributed by atoms with Crippen molar-refractivity contribution in [2.45, 2.75) is 18.8 Å². The van der Waals surface area contributed by atoms with Crippen molar-refractivity contribution < 1.29 is 9.47 Å². The SMILES string of the molecule is COc1cc(C2CCNCC2)ccc1OCC#N. The van der Waals surface area contributed by atoms with E-state index in [-0.39, 0.29) is 6.61 Å². The summed E-state index contributed by atoms with van der Waals surface area (Å²) < 4.78 is 10.6. The van der Waals surface area contributed by atoms with Crippen molar-refractivity contribution in [3.63, 3.8) is 0 Å². The van der Waals surface area contributed by atoms with Crippen LogP contribution in [-0.4, -0.2) is 26.8 Å². The fourth-order valence-corrected chi connectivity index (χ4v) is 2.32. The third kappa shape index (κ3) is 2.93. The molecule has 0 amide bonds. The molecule has 1 N–H and O–H groups in total. The lowest BCUT2D eigenvalue weighted by atomic mass is 9.90. The summed E-state index contributed by atoms with van der Waals surface area (Å²) in [6.07, 6.45) is 2.31. The molecule has 0 saturated carbocycles. The van der Waals surface area contributed by atoms with Gasteiger partial charge in [0.15, 0.2) is 18.1 Å². The van der Waals surface area contributed by atoms with Gasteiger partial charge >= 0.3 is 0 Å². The van der Waals surface area contributed by atoms with Crippen molar-refractivity contribution in [2.75, 3.05) is 26.8 Å². The number of hydrogen-bond acceptors (Lipinski definition) is 4. The lowest BCUT2D eigenvalue weighted by Gasteiger charge is -2.23. The van der Waals surface area contributed by atoms with Gasteiger partial charge in [-0.25, -0.2) is 0 Å². The predicted octanol–water partition coefficient (Wildman–Crippen LogP) is 2.06. The lowest BCUT2D eigenvalue weighted by Crippen LogP contribution is -2.26. The van der Waals surface area contributed by atoms with Crippen LogP contribution in [0.5, 0.6) is 11.5 Å². The first-order valence-electron chi connectivity index (χ1n) is 6.23. The predicted molar refractivity (Wildman–Crippen MR) is 68.9 cm³/mol. The summed E-state index contributed by atoms with van der Waals surface area (Å²) in [5.74, 6) is 1.93. The van der Waals surface area contributed by atoms with E-state index in [4.69, 9.17) is 14.7 Å². The highest BCUT2D eigenvalue weighted by Crippen LogP contribution is 2.33. The van der Waals surface area contributed by atoms with E-state index >= 15 is 0 Å². The van der Waals surface area contributed by atoms with E-state index in [1.165, 1.54) is 5.56 Å². The topological polar surface area (TPSA) is 54.3 Å². The van der Waals surface area contributed by atoms with Gasteiger partial charge < -0.3 is 14.8 Å². The Bertz CT molecular complexity index is 434. The average molecular weight is 246 g/mol. The van der Waals surface area contributed by atoms with Gasteiger partial charge in [0.05, 0.1) is 7.11 Å². The first-order chi connectivity index (χ1) is 8.85. The van der Waals surface area contributed by atoms with Gasteiger partial charge in [-0.15, -0.1) is 0 Å². The highest BCUT2D eigenvalue weighted by Gasteiger charge is 2.17. The van der Waals surface area contributed by atoms with E-state index < -0.39 is 0 Å². The largest absolute Gasteiger partial charge is 0.493 e. The zero-order chi connectivity index (χ0) is 12.8. The number of benzene rings is 1. The third-order valence-electron chi connectivity index (χ3n) is 3.29. The molecule has 1 aromatic carbocycles. The average Bonchev–Trinajstić information content (AvgIpc) is 2.46. The van der Waals surface area contributed by atoms with E-state index in [2.05, 4.69) is 11.4 Å². The molecule has 1 saturated heterocycles. The standard InChI is InChI=1S/C14H18N2O2/c1-17-14-10-12(11-4-7-16-8-5-11)2-3-13(14)18-9-6-15/h2-3,10-11,16H,4-5,7-9H2,1H3. The van der Waals surface area contributed by atoms with Gasteiger partial charge in [0.25, 0.3) is 0 Å². The Morgan fingerprint density at radius 2 is 2.11 bits per heavy atom. The number of hydrogen-bond donors (Lipinski definition) is 1. The van der Waals surface area contributed by atoms with Gasteiger partial charge in [-0.05, 0) is 49.5 Å². The number of ether oxygens (including phenoxy) is 2. The molecule has 1 aromatic rings. The minimum atomic E-state index is 0.0447. The van der Waals surface area contributed by atoms with Crippen molar-refractivity contribution in [1.82, 2.24) is 5.32 Å². The van der Waals surface area contributed by atoms with Crippen molar-refractivity contribution in [3.05, 3.63) is 23.8 Å². The van der Waals surface area contributed by atoms with Crippen LogP contribution < -0.4 is 14.8 Å². The smallest absolute Gasteiger partial charge is 0.174 e. The summed E-state index contributed by atoms with van der Waals surface area (Å²) in [4.78, 5) is 0. The summed E-state index contributed by atoms with van der Waals surface area (Å²) in [7, 11) is 1.63. The summed E-state index contributed by atoms with van der Waals surface area (Å²) >= 11 is 0. The highest BCUT2D eigenvalue weighted by atomic mass is 16.5. The number of rotatable bonds is 4. The number of nitriles is 1. The highest BCUT2D eigenvalue weighted by molar-refractivity contribution is 5.44. The molecule has 4 heteroatoms. The second-order valence-corrected chi connectivity index (χ2v) is 4.38.